The smallest absolute Gasteiger partial charge is 0.164 e. The number of carbonyl (C=O) groups is 1. The van der Waals surface area contributed by atoms with Crippen LogP contribution in [0.2, 0.25) is 0 Å². The van der Waals surface area contributed by atoms with E-state index < -0.39 is 0 Å². The van der Waals surface area contributed by atoms with Gasteiger partial charge >= 0.3 is 0 Å². The summed E-state index contributed by atoms with van der Waals surface area (Å²) in [4.78, 5) is 11.6. The summed E-state index contributed by atoms with van der Waals surface area (Å²) in [6, 6.07) is 5.83. The molecule has 0 aliphatic rings. The van der Waals surface area contributed by atoms with Crippen molar-refractivity contribution in [3.8, 4) is 0 Å². The Kier molecular flexibility index (Phi) is 5.16. The maximum atomic E-state index is 11.6. The van der Waals surface area contributed by atoms with E-state index in [-0.39, 0.29) is 5.78 Å². The molecular weight excluding hydrogens is 266 g/mol. The maximum absolute atomic E-state index is 11.6. The number of Topliss-reactive ketones (excluding diaryl/α,β-unsaturated/α-hetero) is 1. The molecular formula is C13H18BrNO. The quantitative estimate of drug-likeness (QED) is 0.841. The molecule has 2 nitrogen and oxygen atoms in total. The molecule has 0 aromatic heterocycles. The third-order valence-electron chi connectivity index (χ3n) is 2.84. The normalized spacial score (nSPS) is 12.5. The van der Waals surface area contributed by atoms with Gasteiger partial charge in [0.1, 0.15) is 0 Å². The van der Waals surface area contributed by atoms with Gasteiger partial charge in [0.05, 0.1) is 0 Å². The first-order valence-electron chi connectivity index (χ1n) is 5.62. The van der Waals surface area contributed by atoms with Crippen LogP contribution in [0.4, 0.5) is 0 Å². The maximum Gasteiger partial charge on any atom is 0.164 e. The van der Waals surface area contributed by atoms with Crippen molar-refractivity contribution in [1.82, 2.24) is 0 Å². The van der Waals surface area contributed by atoms with Crippen LogP contribution in [0.3, 0.4) is 0 Å². The van der Waals surface area contributed by atoms with Crippen molar-refractivity contribution in [2.24, 2.45) is 5.73 Å². The Morgan fingerprint density at radius 3 is 2.69 bits per heavy atom. The van der Waals surface area contributed by atoms with Crippen LogP contribution >= 0.6 is 15.9 Å². The van der Waals surface area contributed by atoms with E-state index in [0.29, 0.717) is 18.9 Å². The van der Waals surface area contributed by atoms with E-state index in [1.54, 1.807) is 0 Å². The Balaban J connectivity index is 2.95. The summed E-state index contributed by atoms with van der Waals surface area (Å²) in [6.07, 6.45) is 1.50. The SMILES string of the molecule is CCC(C)c1ccc(C(=O)CCN)cc1Br. The summed E-state index contributed by atoms with van der Waals surface area (Å²) in [7, 11) is 0. The first kappa shape index (κ1) is 13.4. The second-order valence-corrected chi connectivity index (χ2v) is 4.86. The lowest BCUT2D eigenvalue weighted by molar-refractivity contribution is 0.0985. The van der Waals surface area contributed by atoms with E-state index in [2.05, 4.69) is 29.8 Å². The van der Waals surface area contributed by atoms with E-state index >= 15 is 0 Å². The van der Waals surface area contributed by atoms with Crippen LogP contribution in [0.15, 0.2) is 22.7 Å². The van der Waals surface area contributed by atoms with E-state index in [1.807, 2.05) is 18.2 Å². The van der Waals surface area contributed by atoms with Gasteiger partial charge in [-0.1, -0.05) is 41.9 Å². The second kappa shape index (κ2) is 6.16. The Morgan fingerprint density at radius 2 is 2.19 bits per heavy atom. The summed E-state index contributed by atoms with van der Waals surface area (Å²) in [5.74, 6) is 0.618. The Hall–Kier alpha value is -0.670. The minimum atomic E-state index is 0.110. The largest absolute Gasteiger partial charge is 0.330 e. The Bertz CT molecular complexity index is 376. The zero-order valence-electron chi connectivity index (χ0n) is 9.79. The van der Waals surface area contributed by atoms with Crippen molar-refractivity contribution < 1.29 is 4.79 Å². The Morgan fingerprint density at radius 1 is 1.50 bits per heavy atom. The molecule has 1 rings (SSSR count). The van der Waals surface area contributed by atoms with Crippen LogP contribution in [0.5, 0.6) is 0 Å². The van der Waals surface area contributed by atoms with Crippen LogP contribution in [-0.4, -0.2) is 12.3 Å². The number of rotatable bonds is 5. The highest BCUT2D eigenvalue weighted by Crippen LogP contribution is 2.28. The van der Waals surface area contributed by atoms with Gasteiger partial charge in [0.25, 0.3) is 0 Å². The fourth-order valence-electron chi connectivity index (χ4n) is 1.60. The van der Waals surface area contributed by atoms with Crippen LogP contribution in [0, 0.1) is 0 Å². The monoisotopic (exact) mass is 283 g/mol. The van der Waals surface area contributed by atoms with Gasteiger partial charge in [-0.05, 0) is 30.5 Å². The summed E-state index contributed by atoms with van der Waals surface area (Å²) < 4.78 is 1.02. The van der Waals surface area contributed by atoms with Gasteiger partial charge in [0.2, 0.25) is 0 Å². The molecule has 0 aliphatic carbocycles. The van der Waals surface area contributed by atoms with E-state index in [1.165, 1.54) is 5.56 Å². The highest BCUT2D eigenvalue weighted by atomic mass is 79.9. The lowest BCUT2D eigenvalue weighted by atomic mass is 9.96. The number of hydrogen-bond donors (Lipinski definition) is 1. The summed E-state index contributed by atoms with van der Waals surface area (Å²) >= 11 is 3.52. The van der Waals surface area contributed by atoms with E-state index in [9.17, 15) is 4.79 Å². The molecule has 0 radical (unpaired) electrons. The van der Waals surface area contributed by atoms with Gasteiger partial charge in [0.15, 0.2) is 5.78 Å². The molecule has 0 saturated carbocycles. The topological polar surface area (TPSA) is 43.1 Å². The third kappa shape index (κ3) is 3.16. The van der Waals surface area contributed by atoms with Crippen LogP contribution < -0.4 is 5.73 Å². The van der Waals surface area contributed by atoms with E-state index in [0.717, 1.165) is 16.5 Å². The molecule has 0 heterocycles. The molecule has 3 heteroatoms. The number of nitrogens with two attached hydrogens (primary N) is 1. The van der Waals surface area contributed by atoms with Crippen LogP contribution in [-0.2, 0) is 0 Å². The van der Waals surface area contributed by atoms with Gasteiger partial charge in [-0.2, -0.15) is 0 Å². The molecule has 16 heavy (non-hydrogen) atoms. The van der Waals surface area contributed by atoms with E-state index in [4.69, 9.17) is 5.73 Å². The molecule has 0 amide bonds. The fraction of sp³-hybridized carbons (Fsp3) is 0.462. The molecule has 0 fully saturated rings. The van der Waals surface area contributed by atoms with Gasteiger partial charge in [-0.15, -0.1) is 0 Å². The molecule has 0 spiro atoms. The molecule has 1 aromatic carbocycles. The summed E-state index contributed by atoms with van der Waals surface area (Å²) in [5.41, 5.74) is 7.37. The minimum Gasteiger partial charge on any atom is -0.330 e. The van der Waals surface area contributed by atoms with Crippen LogP contribution in [0.25, 0.3) is 0 Å². The lowest BCUT2D eigenvalue weighted by Gasteiger charge is -2.12. The molecule has 88 valence electrons. The number of ketones is 1. The van der Waals surface area contributed by atoms with Gasteiger partial charge in [-0.3, -0.25) is 4.79 Å². The molecule has 2 N–H and O–H groups in total. The second-order valence-electron chi connectivity index (χ2n) is 4.01. The standard InChI is InChI=1S/C13H18BrNO/c1-3-9(2)11-5-4-10(8-12(11)14)13(16)6-7-15/h4-5,8-9H,3,6-7,15H2,1-2H3. The van der Waals surface area contributed by atoms with Gasteiger partial charge in [-0.25, -0.2) is 0 Å². The number of carbonyl (C=O) groups excluding carboxylic acids is 1. The van der Waals surface area contributed by atoms with Gasteiger partial charge in [0, 0.05) is 16.5 Å². The minimum absolute atomic E-state index is 0.110. The predicted octanol–water partition coefficient (Wildman–Crippen LogP) is 3.49. The average molecular weight is 284 g/mol. The zero-order valence-corrected chi connectivity index (χ0v) is 11.4. The molecule has 0 bridgehead atoms. The Labute approximate surface area is 105 Å². The highest BCUT2D eigenvalue weighted by molar-refractivity contribution is 9.10. The van der Waals surface area contributed by atoms with Crippen molar-refractivity contribution in [2.75, 3.05) is 6.54 Å². The van der Waals surface area contributed by atoms with Gasteiger partial charge < -0.3 is 5.73 Å². The van der Waals surface area contributed by atoms with Crippen molar-refractivity contribution in [3.63, 3.8) is 0 Å². The first-order chi connectivity index (χ1) is 7.60. The summed E-state index contributed by atoms with van der Waals surface area (Å²) in [5, 5.41) is 0. The molecule has 0 saturated heterocycles. The highest BCUT2D eigenvalue weighted by Gasteiger charge is 2.11. The number of hydrogen-bond acceptors (Lipinski definition) is 2. The lowest BCUT2D eigenvalue weighted by Crippen LogP contribution is -2.08. The van der Waals surface area contributed by atoms with Crippen molar-refractivity contribution >= 4 is 21.7 Å². The third-order valence-corrected chi connectivity index (χ3v) is 3.52. The van der Waals surface area contributed by atoms with Crippen molar-refractivity contribution in [2.45, 2.75) is 32.6 Å². The summed E-state index contributed by atoms with van der Waals surface area (Å²) in [6.45, 7) is 4.75. The predicted molar refractivity (Wildman–Crippen MR) is 70.8 cm³/mol. The molecule has 1 unspecified atom stereocenters. The van der Waals surface area contributed by atoms with Crippen molar-refractivity contribution in [1.29, 1.82) is 0 Å². The molecule has 1 atom stereocenters. The van der Waals surface area contributed by atoms with Crippen LogP contribution in [0.1, 0.15) is 48.5 Å². The number of halogens is 1. The molecule has 1 aromatic rings. The number of benzene rings is 1. The first-order valence-corrected chi connectivity index (χ1v) is 6.42. The molecule has 0 aliphatic heterocycles. The zero-order chi connectivity index (χ0) is 12.1. The fourth-order valence-corrected chi connectivity index (χ4v) is 2.37. The van der Waals surface area contributed by atoms with Crippen molar-refractivity contribution in [3.05, 3.63) is 33.8 Å². The average Bonchev–Trinajstić information content (AvgIpc) is 2.28.